The second kappa shape index (κ2) is 9.66. The van der Waals surface area contributed by atoms with Gasteiger partial charge in [0.2, 0.25) is 0 Å². The standard InChI is InChI=1S/C16H24N2O3.ClH/c1-20-13-16(7-9-17-10-8-16)12-18-15(19)11-21-14-5-3-2-4-6-14;/h2-6,17H,7-13H2,1H3,(H,18,19);1H. The topological polar surface area (TPSA) is 59.6 Å². The van der Waals surface area contributed by atoms with Gasteiger partial charge in [-0.2, -0.15) is 0 Å². The third-order valence-electron chi connectivity index (χ3n) is 3.89. The van der Waals surface area contributed by atoms with Crippen LogP contribution in [-0.2, 0) is 9.53 Å². The van der Waals surface area contributed by atoms with E-state index in [0.717, 1.165) is 25.9 Å². The molecule has 6 heteroatoms. The van der Waals surface area contributed by atoms with E-state index in [4.69, 9.17) is 9.47 Å². The average Bonchev–Trinajstić information content (AvgIpc) is 2.53. The van der Waals surface area contributed by atoms with Crippen molar-refractivity contribution in [3.05, 3.63) is 30.3 Å². The van der Waals surface area contributed by atoms with Crippen molar-refractivity contribution in [1.29, 1.82) is 0 Å². The zero-order valence-corrected chi connectivity index (χ0v) is 13.8. The number of methoxy groups -OCH3 is 1. The van der Waals surface area contributed by atoms with E-state index in [1.807, 2.05) is 30.3 Å². The lowest BCUT2D eigenvalue weighted by molar-refractivity contribution is -0.124. The Bertz CT molecular complexity index is 431. The molecule has 124 valence electrons. The van der Waals surface area contributed by atoms with Crippen LogP contribution >= 0.6 is 12.4 Å². The Morgan fingerprint density at radius 1 is 1.27 bits per heavy atom. The molecule has 0 bridgehead atoms. The fraction of sp³-hybridized carbons (Fsp3) is 0.562. The van der Waals surface area contributed by atoms with E-state index in [1.165, 1.54) is 0 Å². The quantitative estimate of drug-likeness (QED) is 0.798. The van der Waals surface area contributed by atoms with Crippen LogP contribution in [0.5, 0.6) is 5.75 Å². The molecule has 1 aromatic rings. The maximum absolute atomic E-state index is 11.9. The van der Waals surface area contributed by atoms with Crippen LogP contribution in [0, 0.1) is 5.41 Å². The van der Waals surface area contributed by atoms with Gasteiger partial charge in [0.05, 0.1) is 6.61 Å². The molecule has 1 aromatic carbocycles. The van der Waals surface area contributed by atoms with E-state index in [9.17, 15) is 4.79 Å². The van der Waals surface area contributed by atoms with Gasteiger partial charge in [0, 0.05) is 19.1 Å². The maximum Gasteiger partial charge on any atom is 0.257 e. The van der Waals surface area contributed by atoms with E-state index in [0.29, 0.717) is 18.9 Å². The van der Waals surface area contributed by atoms with E-state index in [1.54, 1.807) is 7.11 Å². The largest absolute Gasteiger partial charge is 0.484 e. The molecule has 1 amide bonds. The highest BCUT2D eigenvalue weighted by Crippen LogP contribution is 2.28. The van der Waals surface area contributed by atoms with Crippen molar-refractivity contribution < 1.29 is 14.3 Å². The first-order valence-corrected chi connectivity index (χ1v) is 7.38. The number of nitrogens with one attached hydrogen (secondary N) is 2. The zero-order valence-electron chi connectivity index (χ0n) is 13.0. The van der Waals surface area contributed by atoms with Crippen LogP contribution in [0.1, 0.15) is 12.8 Å². The second-order valence-corrected chi connectivity index (χ2v) is 5.56. The summed E-state index contributed by atoms with van der Waals surface area (Å²) in [6.07, 6.45) is 2.03. The summed E-state index contributed by atoms with van der Waals surface area (Å²) in [5.74, 6) is 0.619. The number of piperidine rings is 1. The molecule has 2 rings (SSSR count). The first-order valence-electron chi connectivity index (χ1n) is 7.38. The van der Waals surface area contributed by atoms with E-state index in [-0.39, 0.29) is 30.3 Å². The molecule has 0 aliphatic carbocycles. The second-order valence-electron chi connectivity index (χ2n) is 5.56. The number of ether oxygens (including phenoxy) is 2. The number of benzene rings is 1. The summed E-state index contributed by atoms with van der Waals surface area (Å²) in [5.41, 5.74) is 0.0441. The van der Waals surface area contributed by atoms with Gasteiger partial charge in [-0.3, -0.25) is 4.79 Å². The molecule has 2 N–H and O–H groups in total. The first-order chi connectivity index (χ1) is 10.2. The van der Waals surface area contributed by atoms with Gasteiger partial charge in [-0.05, 0) is 38.1 Å². The molecule has 1 saturated heterocycles. The van der Waals surface area contributed by atoms with E-state index in [2.05, 4.69) is 10.6 Å². The number of para-hydroxylation sites is 1. The molecule has 1 fully saturated rings. The Labute approximate surface area is 138 Å². The summed E-state index contributed by atoms with van der Waals surface area (Å²) in [4.78, 5) is 11.9. The molecule has 0 aromatic heterocycles. The summed E-state index contributed by atoms with van der Waals surface area (Å²) >= 11 is 0. The SMILES string of the molecule is COCC1(CNC(=O)COc2ccccc2)CCNCC1.Cl. The predicted molar refractivity (Wildman–Crippen MR) is 88.6 cm³/mol. The normalized spacial score (nSPS) is 16.4. The summed E-state index contributed by atoms with van der Waals surface area (Å²) in [6, 6.07) is 9.36. The third-order valence-corrected chi connectivity index (χ3v) is 3.89. The minimum absolute atomic E-state index is 0. The zero-order chi connectivity index (χ0) is 15.0. The van der Waals surface area contributed by atoms with Crippen molar-refractivity contribution in [2.45, 2.75) is 12.8 Å². The highest BCUT2D eigenvalue weighted by atomic mass is 35.5. The van der Waals surface area contributed by atoms with Crippen molar-refractivity contribution in [2.75, 3.05) is 40.0 Å². The molecule has 0 atom stereocenters. The fourth-order valence-corrected chi connectivity index (χ4v) is 2.64. The Balaban J connectivity index is 0.00000242. The molecule has 5 nitrogen and oxygen atoms in total. The van der Waals surface area contributed by atoms with Crippen molar-refractivity contribution in [1.82, 2.24) is 10.6 Å². The molecule has 0 radical (unpaired) electrons. The number of hydrogen-bond acceptors (Lipinski definition) is 4. The number of halogens is 1. The Morgan fingerprint density at radius 2 is 1.95 bits per heavy atom. The van der Waals surface area contributed by atoms with Crippen LogP contribution in [-0.4, -0.2) is 45.9 Å². The number of amides is 1. The van der Waals surface area contributed by atoms with Crippen LogP contribution in [0.25, 0.3) is 0 Å². The molecule has 0 spiro atoms. The van der Waals surface area contributed by atoms with Gasteiger partial charge >= 0.3 is 0 Å². The predicted octanol–water partition coefficient (Wildman–Crippen LogP) is 1.62. The Kier molecular flexibility index (Phi) is 8.24. The van der Waals surface area contributed by atoms with Crippen LogP contribution < -0.4 is 15.4 Å². The number of carbonyl (C=O) groups is 1. The van der Waals surface area contributed by atoms with E-state index >= 15 is 0 Å². The molecule has 1 aliphatic rings. The lowest BCUT2D eigenvalue weighted by Gasteiger charge is -2.37. The van der Waals surface area contributed by atoms with Crippen LogP contribution in [0.3, 0.4) is 0 Å². The van der Waals surface area contributed by atoms with Crippen molar-refractivity contribution in [2.24, 2.45) is 5.41 Å². The highest BCUT2D eigenvalue weighted by Gasteiger charge is 2.32. The van der Waals surface area contributed by atoms with Gasteiger partial charge in [-0.25, -0.2) is 0 Å². The summed E-state index contributed by atoms with van der Waals surface area (Å²) in [5, 5.41) is 6.32. The number of rotatable bonds is 7. The monoisotopic (exact) mass is 328 g/mol. The summed E-state index contributed by atoms with van der Waals surface area (Å²) < 4.78 is 10.8. The van der Waals surface area contributed by atoms with Gasteiger partial charge in [0.1, 0.15) is 5.75 Å². The van der Waals surface area contributed by atoms with Gasteiger partial charge in [0.25, 0.3) is 5.91 Å². The number of hydrogen-bond donors (Lipinski definition) is 2. The van der Waals surface area contributed by atoms with Crippen LogP contribution in [0.15, 0.2) is 30.3 Å². The first kappa shape index (κ1) is 18.7. The smallest absolute Gasteiger partial charge is 0.257 e. The van der Waals surface area contributed by atoms with Gasteiger partial charge < -0.3 is 20.1 Å². The minimum atomic E-state index is -0.0899. The summed E-state index contributed by atoms with van der Waals surface area (Å²) in [6.45, 7) is 3.30. The third kappa shape index (κ3) is 5.83. The molecule has 0 unspecified atom stereocenters. The molecular formula is C16H25ClN2O3. The Hall–Kier alpha value is -1.30. The molecule has 22 heavy (non-hydrogen) atoms. The lowest BCUT2D eigenvalue weighted by atomic mass is 9.79. The van der Waals surface area contributed by atoms with Gasteiger partial charge in [0.15, 0.2) is 6.61 Å². The minimum Gasteiger partial charge on any atom is -0.484 e. The molecule has 0 saturated carbocycles. The molecular weight excluding hydrogens is 304 g/mol. The number of carbonyl (C=O) groups excluding carboxylic acids is 1. The highest BCUT2D eigenvalue weighted by molar-refractivity contribution is 5.85. The Morgan fingerprint density at radius 3 is 2.59 bits per heavy atom. The van der Waals surface area contributed by atoms with E-state index < -0.39 is 0 Å². The van der Waals surface area contributed by atoms with Crippen LogP contribution in [0.4, 0.5) is 0 Å². The van der Waals surface area contributed by atoms with Gasteiger partial charge in [-0.1, -0.05) is 18.2 Å². The van der Waals surface area contributed by atoms with Crippen molar-refractivity contribution >= 4 is 18.3 Å². The molecule has 1 heterocycles. The molecule has 1 aliphatic heterocycles. The lowest BCUT2D eigenvalue weighted by Crippen LogP contribution is -2.47. The maximum atomic E-state index is 11.9. The fourth-order valence-electron chi connectivity index (χ4n) is 2.64. The summed E-state index contributed by atoms with van der Waals surface area (Å²) in [7, 11) is 1.71. The van der Waals surface area contributed by atoms with Crippen molar-refractivity contribution in [3.8, 4) is 5.75 Å². The van der Waals surface area contributed by atoms with Crippen LogP contribution in [0.2, 0.25) is 0 Å². The van der Waals surface area contributed by atoms with Crippen molar-refractivity contribution in [3.63, 3.8) is 0 Å². The van der Waals surface area contributed by atoms with Gasteiger partial charge in [-0.15, -0.1) is 12.4 Å². The average molecular weight is 329 g/mol.